The third-order valence-corrected chi connectivity index (χ3v) is 2.76. The second-order valence-electron chi connectivity index (χ2n) is 2.09. The quantitative estimate of drug-likeness (QED) is 0.525. The summed E-state index contributed by atoms with van der Waals surface area (Å²) in [5, 5.41) is 0. The summed E-state index contributed by atoms with van der Waals surface area (Å²) in [6.07, 6.45) is 0.877. The molecule has 0 aromatic heterocycles. The summed E-state index contributed by atoms with van der Waals surface area (Å²) in [7, 11) is 0. The third kappa shape index (κ3) is 1.83. The van der Waals surface area contributed by atoms with Crippen molar-refractivity contribution in [1.82, 2.24) is 0 Å². The molecule has 0 amide bonds. The summed E-state index contributed by atoms with van der Waals surface area (Å²) >= 11 is 9.02. The van der Waals surface area contributed by atoms with Gasteiger partial charge in [-0.3, -0.25) is 4.79 Å². The maximum Gasteiger partial charge on any atom is 0.293 e. The average molecular weight is 213 g/mol. The molecule has 0 aliphatic heterocycles. The van der Waals surface area contributed by atoms with E-state index in [0.717, 1.165) is 6.42 Å². The molecular formula is C5H6BrClO2. The van der Waals surface area contributed by atoms with Crippen molar-refractivity contribution in [2.75, 3.05) is 6.61 Å². The summed E-state index contributed by atoms with van der Waals surface area (Å²) < 4.78 is 4.22. The van der Waals surface area contributed by atoms with Gasteiger partial charge in [0.25, 0.3) is 6.47 Å². The molecule has 0 aromatic rings. The van der Waals surface area contributed by atoms with E-state index in [1.54, 1.807) is 0 Å². The molecule has 1 saturated carbocycles. The summed E-state index contributed by atoms with van der Waals surface area (Å²) in [6.45, 7) is 0.872. The molecule has 0 radical (unpaired) electrons. The van der Waals surface area contributed by atoms with Gasteiger partial charge in [0.1, 0.15) is 3.78 Å². The third-order valence-electron chi connectivity index (χ3n) is 1.32. The van der Waals surface area contributed by atoms with Crippen LogP contribution in [0.5, 0.6) is 0 Å². The summed E-state index contributed by atoms with van der Waals surface area (Å²) in [5.41, 5.74) is 0. The van der Waals surface area contributed by atoms with Gasteiger partial charge in [-0.25, -0.2) is 0 Å². The van der Waals surface area contributed by atoms with Gasteiger partial charge in [0, 0.05) is 5.92 Å². The Hall–Kier alpha value is 0.240. The van der Waals surface area contributed by atoms with E-state index in [1.807, 2.05) is 0 Å². The van der Waals surface area contributed by atoms with Crippen LogP contribution >= 0.6 is 27.5 Å². The minimum Gasteiger partial charge on any atom is -0.468 e. The maximum atomic E-state index is 9.67. The van der Waals surface area contributed by atoms with E-state index in [2.05, 4.69) is 20.7 Å². The molecule has 52 valence electrons. The van der Waals surface area contributed by atoms with Crippen LogP contribution in [0, 0.1) is 5.92 Å². The Kier molecular flexibility index (Phi) is 2.01. The average Bonchev–Trinajstić information content (AvgIpc) is 2.35. The molecule has 9 heavy (non-hydrogen) atoms. The van der Waals surface area contributed by atoms with Crippen molar-refractivity contribution < 1.29 is 9.53 Å². The van der Waals surface area contributed by atoms with Crippen molar-refractivity contribution >= 4 is 34.0 Å². The lowest BCUT2D eigenvalue weighted by Crippen LogP contribution is -1.99. The van der Waals surface area contributed by atoms with Crippen molar-refractivity contribution in [3.05, 3.63) is 0 Å². The number of hydrogen-bond donors (Lipinski definition) is 0. The zero-order valence-corrected chi connectivity index (χ0v) is 6.98. The van der Waals surface area contributed by atoms with E-state index in [9.17, 15) is 4.79 Å². The molecular weight excluding hydrogens is 207 g/mol. The predicted octanol–water partition coefficient (Wildman–Crippen LogP) is 1.51. The summed E-state index contributed by atoms with van der Waals surface area (Å²) in [4.78, 5) is 9.67. The Balaban J connectivity index is 2.12. The number of halogens is 2. The van der Waals surface area contributed by atoms with Gasteiger partial charge in [0.2, 0.25) is 0 Å². The summed E-state index contributed by atoms with van der Waals surface area (Å²) in [6, 6.07) is 0. The smallest absolute Gasteiger partial charge is 0.293 e. The molecule has 0 heterocycles. The minimum absolute atomic E-state index is 0.282. The molecule has 1 aliphatic carbocycles. The lowest BCUT2D eigenvalue weighted by atomic mass is 10.5. The standard InChI is InChI=1S/C5H6BrClO2/c6-5(7)1-4(5)2-9-3-8/h3-4H,1-2H2. The number of alkyl halides is 2. The molecule has 0 spiro atoms. The maximum absolute atomic E-state index is 9.67. The molecule has 0 N–H and O–H groups in total. The topological polar surface area (TPSA) is 26.3 Å². The molecule has 0 saturated heterocycles. The Morgan fingerprint density at radius 2 is 2.56 bits per heavy atom. The largest absolute Gasteiger partial charge is 0.468 e. The van der Waals surface area contributed by atoms with E-state index < -0.39 is 0 Å². The van der Waals surface area contributed by atoms with Gasteiger partial charge in [-0.2, -0.15) is 0 Å². The van der Waals surface area contributed by atoms with E-state index in [4.69, 9.17) is 11.6 Å². The second kappa shape index (κ2) is 2.46. The molecule has 2 unspecified atom stereocenters. The SMILES string of the molecule is O=COCC1CC1(Cl)Br. The zero-order chi connectivity index (χ0) is 6.91. The van der Waals surface area contributed by atoms with Crippen LogP contribution in [0.2, 0.25) is 0 Å². The molecule has 1 fully saturated rings. The van der Waals surface area contributed by atoms with Gasteiger partial charge < -0.3 is 4.74 Å². The Morgan fingerprint density at radius 3 is 2.89 bits per heavy atom. The molecule has 2 atom stereocenters. The first-order valence-electron chi connectivity index (χ1n) is 2.60. The van der Waals surface area contributed by atoms with Crippen LogP contribution in [0.25, 0.3) is 0 Å². The molecule has 4 heteroatoms. The van der Waals surface area contributed by atoms with Gasteiger partial charge in [-0.15, -0.1) is 11.6 Å². The van der Waals surface area contributed by atoms with E-state index in [-0.39, 0.29) is 3.78 Å². The molecule has 0 bridgehead atoms. The van der Waals surface area contributed by atoms with Crippen molar-refractivity contribution in [2.45, 2.75) is 10.2 Å². The van der Waals surface area contributed by atoms with Crippen LogP contribution in [-0.2, 0) is 9.53 Å². The van der Waals surface area contributed by atoms with Crippen LogP contribution in [0.3, 0.4) is 0 Å². The number of carbonyl (C=O) groups excluding carboxylic acids is 1. The van der Waals surface area contributed by atoms with Crippen LogP contribution in [-0.4, -0.2) is 16.9 Å². The summed E-state index contributed by atoms with van der Waals surface area (Å²) in [5.74, 6) is 0.296. The zero-order valence-electron chi connectivity index (χ0n) is 4.64. The number of ether oxygens (including phenoxy) is 1. The first kappa shape index (κ1) is 7.35. The van der Waals surface area contributed by atoms with Crippen molar-refractivity contribution in [3.8, 4) is 0 Å². The number of rotatable bonds is 3. The highest BCUT2D eigenvalue weighted by Gasteiger charge is 2.51. The molecule has 2 nitrogen and oxygen atoms in total. The fraction of sp³-hybridized carbons (Fsp3) is 0.800. The van der Waals surface area contributed by atoms with Crippen LogP contribution in [0.4, 0.5) is 0 Å². The van der Waals surface area contributed by atoms with E-state index in [0.29, 0.717) is 19.0 Å². The minimum atomic E-state index is -0.282. The highest BCUT2D eigenvalue weighted by molar-refractivity contribution is 9.10. The Labute approximate surface area is 66.6 Å². The monoisotopic (exact) mass is 212 g/mol. The van der Waals surface area contributed by atoms with Gasteiger partial charge in [-0.1, -0.05) is 15.9 Å². The van der Waals surface area contributed by atoms with Crippen molar-refractivity contribution in [3.63, 3.8) is 0 Å². The highest BCUT2D eigenvalue weighted by atomic mass is 79.9. The van der Waals surface area contributed by atoms with Gasteiger partial charge in [0.15, 0.2) is 0 Å². The van der Waals surface area contributed by atoms with E-state index >= 15 is 0 Å². The van der Waals surface area contributed by atoms with Crippen LogP contribution in [0.1, 0.15) is 6.42 Å². The molecule has 0 aromatic carbocycles. The fourth-order valence-corrected chi connectivity index (χ4v) is 1.38. The van der Waals surface area contributed by atoms with Crippen molar-refractivity contribution in [1.29, 1.82) is 0 Å². The number of hydrogen-bond acceptors (Lipinski definition) is 2. The molecule has 1 aliphatic rings. The van der Waals surface area contributed by atoms with Gasteiger partial charge in [0.05, 0.1) is 6.61 Å². The van der Waals surface area contributed by atoms with Gasteiger partial charge >= 0.3 is 0 Å². The normalized spacial score (nSPS) is 40.0. The van der Waals surface area contributed by atoms with Crippen LogP contribution in [0.15, 0.2) is 0 Å². The van der Waals surface area contributed by atoms with Crippen LogP contribution < -0.4 is 0 Å². The predicted molar refractivity (Wildman–Crippen MR) is 37.6 cm³/mol. The highest BCUT2D eigenvalue weighted by Crippen LogP contribution is 2.54. The van der Waals surface area contributed by atoms with Gasteiger partial charge in [-0.05, 0) is 6.42 Å². The Morgan fingerprint density at radius 1 is 2.00 bits per heavy atom. The first-order chi connectivity index (χ1) is 4.17. The molecule has 1 rings (SSSR count). The fourth-order valence-electron chi connectivity index (χ4n) is 0.606. The lowest BCUT2D eigenvalue weighted by molar-refractivity contribution is -0.129. The Bertz CT molecular complexity index is 126. The second-order valence-corrected chi connectivity index (χ2v) is 4.64. The lowest BCUT2D eigenvalue weighted by Gasteiger charge is -1.95. The number of carbonyl (C=O) groups is 1. The first-order valence-corrected chi connectivity index (χ1v) is 3.77. The van der Waals surface area contributed by atoms with E-state index in [1.165, 1.54) is 0 Å². The van der Waals surface area contributed by atoms with Crippen molar-refractivity contribution in [2.24, 2.45) is 5.92 Å².